The Bertz CT molecular complexity index is 731. The molecule has 5 nitrogen and oxygen atoms in total. The lowest BCUT2D eigenvalue weighted by molar-refractivity contribution is 0.220. The third-order valence-corrected chi connectivity index (χ3v) is 2.76. The first-order chi connectivity index (χ1) is 8.74. The Hall–Kier alpha value is -2.40. The largest absolute Gasteiger partial charge is 0.417 e. The number of aromatic amines is 1. The van der Waals surface area contributed by atoms with Crippen molar-refractivity contribution in [1.82, 2.24) is 9.97 Å². The zero-order valence-corrected chi connectivity index (χ0v) is 9.33. The van der Waals surface area contributed by atoms with Gasteiger partial charge in [0.25, 0.3) is 0 Å². The maximum absolute atomic E-state index is 11.0. The van der Waals surface area contributed by atoms with Crippen molar-refractivity contribution >= 4 is 11.1 Å². The van der Waals surface area contributed by atoms with Crippen LogP contribution in [0.5, 0.6) is 0 Å². The zero-order chi connectivity index (χ0) is 12.5. The molecule has 2 aromatic heterocycles. The monoisotopic (exact) mass is 242 g/mol. The van der Waals surface area contributed by atoms with Gasteiger partial charge in [0.2, 0.25) is 0 Å². The average Bonchev–Trinajstić information content (AvgIpc) is 2.78. The Balaban J connectivity index is 2.06. The van der Waals surface area contributed by atoms with E-state index in [1.54, 1.807) is 42.7 Å². The van der Waals surface area contributed by atoms with Crippen molar-refractivity contribution in [2.75, 3.05) is 0 Å². The number of H-pyrrole nitrogens is 1. The SMILES string of the molecule is O=c1[nH]c2ccc(C(O)c3cccnc3)cc2o1. The Kier molecular flexibility index (Phi) is 2.46. The Morgan fingerprint density at radius 2 is 2.17 bits per heavy atom. The van der Waals surface area contributed by atoms with Crippen LogP contribution in [0.25, 0.3) is 11.1 Å². The van der Waals surface area contributed by atoms with Gasteiger partial charge in [-0.25, -0.2) is 4.79 Å². The van der Waals surface area contributed by atoms with Gasteiger partial charge in [0.15, 0.2) is 5.58 Å². The number of pyridine rings is 1. The lowest BCUT2D eigenvalue weighted by Gasteiger charge is -2.10. The molecular formula is C13H10N2O3. The van der Waals surface area contributed by atoms with Crippen molar-refractivity contribution in [3.05, 3.63) is 64.4 Å². The number of aliphatic hydroxyl groups is 1. The van der Waals surface area contributed by atoms with Crippen LogP contribution in [0.3, 0.4) is 0 Å². The molecule has 1 aromatic carbocycles. The highest BCUT2D eigenvalue weighted by Crippen LogP contribution is 2.23. The minimum absolute atomic E-state index is 0.431. The molecule has 5 heteroatoms. The molecule has 0 aliphatic carbocycles. The number of aliphatic hydroxyl groups excluding tert-OH is 1. The van der Waals surface area contributed by atoms with Crippen LogP contribution in [0.1, 0.15) is 17.2 Å². The summed E-state index contributed by atoms with van der Waals surface area (Å²) in [6.07, 6.45) is 2.45. The second-order valence-corrected chi connectivity index (χ2v) is 3.96. The number of fused-ring (bicyclic) bond motifs is 1. The van der Waals surface area contributed by atoms with Gasteiger partial charge in [-0.15, -0.1) is 0 Å². The molecule has 0 aliphatic rings. The van der Waals surface area contributed by atoms with Gasteiger partial charge in [-0.1, -0.05) is 12.1 Å². The molecule has 3 rings (SSSR count). The van der Waals surface area contributed by atoms with Crippen LogP contribution in [0.4, 0.5) is 0 Å². The predicted octanol–water partition coefficient (Wildman–Crippen LogP) is 1.60. The van der Waals surface area contributed by atoms with Crippen LogP contribution in [-0.2, 0) is 0 Å². The van der Waals surface area contributed by atoms with Crippen LogP contribution in [0.15, 0.2) is 51.9 Å². The van der Waals surface area contributed by atoms with E-state index in [2.05, 4.69) is 9.97 Å². The maximum atomic E-state index is 11.0. The van der Waals surface area contributed by atoms with Gasteiger partial charge in [-0.3, -0.25) is 9.97 Å². The predicted molar refractivity (Wildman–Crippen MR) is 65.1 cm³/mol. The molecular weight excluding hydrogens is 232 g/mol. The molecule has 0 radical (unpaired) electrons. The number of aromatic nitrogens is 2. The lowest BCUT2D eigenvalue weighted by atomic mass is 10.0. The molecule has 0 bridgehead atoms. The first-order valence-corrected chi connectivity index (χ1v) is 5.45. The van der Waals surface area contributed by atoms with Crippen LogP contribution >= 0.6 is 0 Å². The summed E-state index contributed by atoms with van der Waals surface area (Å²) in [6.45, 7) is 0. The number of oxazole rings is 1. The normalized spacial score (nSPS) is 12.7. The standard InChI is InChI=1S/C13H10N2O3/c16-12(9-2-1-5-14-7-9)8-3-4-10-11(6-8)18-13(17)15-10/h1-7,12,16H,(H,15,17). The van der Waals surface area contributed by atoms with Crippen molar-refractivity contribution in [3.63, 3.8) is 0 Å². The number of nitrogens with zero attached hydrogens (tertiary/aromatic N) is 1. The van der Waals surface area contributed by atoms with Crippen molar-refractivity contribution < 1.29 is 9.52 Å². The van der Waals surface area contributed by atoms with Crippen molar-refractivity contribution in [1.29, 1.82) is 0 Å². The van der Waals surface area contributed by atoms with E-state index in [-0.39, 0.29) is 0 Å². The molecule has 0 spiro atoms. The summed E-state index contributed by atoms with van der Waals surface area (Å²) in [7, 11) is 0. The molecule has 3 aromatic rings. The molecule has 0 saturated carbocycles. The van der Waals surface area contributed by atoms with E-state index in [0.29, 0.717) is 22.2 Å². The summed E-state index contributed by atoms with van der Waals surface area (Å²) in [5.41, 5.74) is 2.38. The van der Waals surface area contributed by atoms with Gasteiger partial charge in [-0.2, -0.15) is 0 Å². The zero-order valence-electron chi connectivity index (χ0n) is 9.33. The van der Waals surface area contributed by atoms with E-state index in [1.807, 2.05) is 0 Å². The Labute approximate surface area is 102 Å². The number of benzene rings is 1. The summed E-state index contributed by atoms with van der Waals surface area (Å²) in [5.74, 6) is -0.502. The quantitative estimate of drug-likeness (QED) is 0.715. The van der Waals surface area contributed by atoms with E-state index in [9.17, 15) is 9.90 Å². The van der Waals surface area contributed by atoms with Gasteiger partial charge in [0.1, 0.15) is 6.10 Å². The molecule has 2 heterocycles. The molecule has 0 saturated heterocycles. The summed E-state index contributed by atoms with van der Waals surface area (Å²) in [5, 5.41) is 10.2. The van der Waals surface area contributed by atoms with Crippen LogP contribution in [-0.4, -0.2) is 15.1 Å². The van der Waals surface area contributed by atoms with Crippen LogP contribution < -0.4 is 5.76 Å². The molecule has 0 aliphatic heterocycles. The third kappa shape index (κ3) is 1.80. The van der Waals surface area contributed by atoms with Crippen LogP contribution in [0, 0.1) is 0 Å². The van der Waals surface area contributed by atoms with Gasteiger partial charge >= 0.3 is 5.76 Å². The minimum Gasteiger partial charge on any atom is -0.408 e. The van der Waals surface area contributed by atoms with Gasteiger partial charge in [-0.05, 0) is 23.8 Å². The third-order valence-electron chi connectivity index (χ3n) is 2.76. The van der Waals surface area contributed by atoms with E-state index in [0.717, 1.165) is 0 Å². The highest BCUT2D eigenvalue weighted by Gasteiger charge is 2.12. The number of hydrogen-bond donors (Lipinski definition) is 2. The van der Waals surface area contributed by atoms with Crippen LogP contribution in [0.2, 0.25) is 0 Å². The maximum Gasteiger partial charge on any atom is 0.417 e. The van der Waals surface area contributed by atoms with E-state index in [4.69, 9.17) is 4.42 Å². The second kappa shape index (κ2) is 4.12. The van der Waals surface area contributed by atoms with Gasteiger partial charge < -0.3 is 9.52 Å². The number of hydrogen-bond acceptors (Lipinski definition) is 4. The molecule has 0 fully saturated rings. The molecule has 2 N–H and O–H groups in total. The summed E-state index contributed by atoms with van der Waals surface area (Å²) >= 11 is 0. The van der Waals surface area contributed by atoms with E-state index in [1.165, 1.54) is 0 Å². The smallest absolute Gasteiger partial charge is 0.408 e. The average molecular weight is 242 g/mol. The van der Waals surface area contributed by atoms with E-state index >= 15 is 0 Å². The lowest BCUT2D eigenvalue weighted by Crippen LogP contribution is -1.99. The molecule has 1 unspecified atom stereocenters. The number of nitrogens with one attached hydrogen (secondary N) is 1. The Morgan fingerprint density at radius 1 is 1.28 bits per heavy atom. The highest BCUT2D eigenvalue weighted by atomic mass is 16.4. The first-order valence-electron chi connectivity index (χ1n) is 5.45. The number of rotatable bonds is 2. The molecule has 18 heavy (non-hydrogen) atoms. The summed E-state index contributed by atoms with van der Waals surface area (Å²) in [6, 6.07) is 8.63. The highest BCUT2D eigenvalue weighted by molar-refractivity contribution is 5.73. The minimum atomic E-state index is -0.789. The van der Waals surface area contributed by atoms with Gasteiger partial charge in [0.05, 0.1) is 5.52 Å². The molecule has 1 atom stereocenters. The Morgan fingerprint density at radius 3 is 2.94 bits per heavy atom. The van der Waals surface area contributed by atoms with E-state index < -0.39 is 11.9 Å². The fourth-order valence-corrected chi connectivity index (χ4v) is 1.86. The summed E-state index contributed by atoms with van der Waals surface area (Å²) < 4.78 is 4.96. The topological polar surface area (TPSA) is 79.1 Å². The van der Waals surface area contributed by atoms with Gasteiger partial charge in [0, 0.05) is 18.0 Å². The van der Waals surface area contributed by atoms with Crippen molar-refractivity contribution in [3.8, 4) is 0 Å². The summed E-state index contributed by atoms with van der Waals surface area (Å²) in [4.78, 5) is 17.6. The fourth-order valence-electron chi connectivity index (χ4n) is 1.86. The molecule has 90 valence electrons. The molecule has 0 amide bonds. The first kappa shape index (κ1) is 10.7. The fraction of sp³-hybridized carbons (Fsp3) is 0.0769. The van der Waals surface area contributed by atoms with Crippen molar-refractivity contribution in [2.24, 2.45) is 0 Å². The second-order valence-electron chi connectivity index (χ2n) is 3.96. The van der Waals surface area contributed by atoms with Crippen molar-refractivity contribution in [2.45, 2.75) is 6.10 Å².